The average molecular weight is 378 g/mol. The minimum absolute atomic E-state index is 0.168. The Bertz CT molecular complexity index is 791. The highest BCUT2D eigenvalue weighted by Gasteiger charge is 2.41. The standard InChI is InChI=1S/C17H20ClN5O3/c1-17(12-22-10-15(23(24)25)19-16(22)26-17)11-20-6-8-21(9-7-20)14-4-2-13(18)3-5-14/h2-5,10H,6-9,11-12H2,1H3/t17-/m1/s1. The van der Waals surface area contributed by atoms with E-state index in [1.54, 1.807) is 4.57 Å². The smallest absolute Gasteiger partial charge is 0.415 e. The first-order valence-corrected chi connectivity index (χ1v) is 8.93. The van der Waals surface area contributed by atoms with Crippen LogP contribution in [0.5, 0.6) is 6.01 Å². The molecule has 0 amide bonds. The first-order chi connectivity index (χ1) is 12.4. The molecule has 0 aliphatic carbocycles. The summed E-state index contributed by atoms with van der Waals surface area (Å²) in [5.74, 6) is -0.168. The minimum Gasteiger partial charge on any atom is -0.436 e. The van der Waals surface area contributed by atoms with Gasteiger partial charge in [0.05, 0.1) is 6.54 Å². The van der Waals surface area contributed by atoms with Crippen molar-refractivity contribution >= 4 is 23.1 Å². The van der Waals surface area contributed by atoms with Crippen LogP contribution in [0.3, 0.4) is 0 Å². The van der Waals surface area contributed by atoms with Crippen LogP contribution in [0.2, 0.25) is 5.02 Å². The summed E-state index contributed by atoms with van der Waals surface area (Å²) >= 11 is 5.96. The van der Waals surface area contributed by atoms with Gasteiger partial charge in [-0.3, -0.25) is 9.47 Å². The van der Waals surface area contributed by atoms with Crippen LogP contribution in [-0.2, 0) is 6.54 Å². The predicted octanol–water partition coefficient (Wildman–Crippen LogP) is 2.42. The van der Waals surface area contributed by atoms with Gasteiger partial charge in [0.25, 0.3) is 0 Å². The number of fused-ring (bicyclic) bond motifs is 1. The Labute approximate surface area is 156 Å². The summed E-state index contributed by atoms with van der Waals surface area (Å²) in [6.07, 6.45) is 1.44. The lowest BCUT2D eigenvalue weighted by Crippen LogP contribution is -2.52. The van der Waals surface area contributed by atoms with E-state index in [0.29, 0.717) is 12.6 Å². The molecule has 4 rings (SSSR count). The number of ether oxygens (including phenoxy) is 1. The van der Waals surface area contributed by atoms with Gasteiger partial charge in [0, 0.05) is 48.4 Å². The summed E-state index contributed by atoms with van der Waals surface area (Å²) in [6.45, 7) is 7.11. The zero-order valence-corrected chi connectivity index (χ0v) is 15.2. The van der Waals surface area contributed by atoms with Crippen LogP contribution in [0.4, 0.5) is 11.5 Å². The molecule has 0 unspecified atom stereocenters. The molecule has 0 saturated carbocycles. The number of halogens is 1. The number of imidazole rings is 1. The fourth-order valence-electron chi connectivity index (χ4n) is 3.65. The number of hydrogen-bond donors (Lipinski definition) is 0. The van der Waals surface area contributed by atoms with Crippen molar-refractivity contribution in [2.45, 2.75) is 19.1 Å². The largest absolute Gasteiger partial charge is 0.436 e. The van der Waals surface area contributed by atoms with Gasteiger partial charge >= 0.3 is 11.8 Å². The molecule has 0 spiro atoms. The average Bonchev–Trinajstić information content (AvgIpc) is 3.11. The molecule has 2 aromatic rings. The molecule has 2 aliphatic heterocycles. The van der Waals surface area contributed by atoms with E-state index in [1.165, 1.54) is 11.9 Å². The highest BCUT2D eigenvalue weighted by Crippen LogP contribution is 2.31. The first kappa shape index (κ1) is 17.1. The van der Waals surface area contributed by atoms with Crippen LogP contribution in [0.15, 0.2) is 30.5 Å². The molecule has 9 heteroatoms. The first-order valence-electron chi connectivity index (χ1n) is 8.55. The van der Waals surface area contributed by atoms with Gasteiger partial charge in [0.15, 0.2) is 0 Å². The van der Waals surface area contributed by atoms with Gasteiger partial charge in [0.1, 0.15) is 11.8 Å². The molecule has 1 aromatic heterocycles. The van der Waals surface area contributed by atoms with E-state index in [2.05, 4.69) is 14.8 Å². The van der Waals surface area contributed by atoms with Gasteiger partial charge in [-0.2, -0.15) is 0 Å². The van der Waals surface area contributed by atoms with Crippen molar-refractivity contribution < 1.29 is 9.66 Å². The molecular weight excluding hydrogens is 358 g/mol. The van der Waals surface area contributed by atoms with Gasteiger partial charge < -0.3 is 19.8 Å². The molecule has 1 saturated heterocycles. The zero-order chi connectivity index (χ0) is 18.3. The molecule has 1 atom stereocenters. The maximum atomic E-state index is 10.8. The second-order valence-electron chi connectivity index (χ2n) is 7.06. The van der Waals surface area contributed by atoms with Crippen molar-refractivity contribution in [1.82, 2.24) is 14.5 Å². The normalized spacial score (nSPS) is 22.9. The van der Waals surface area contributed by atoms with Gasteiger partial charge in [0.2, 0.25) is 0 Å². The Balaban J connectivity index is 1.33. The van der Waals surface area contributed by atoms with E-state index in [1.807, 2.05) is 31.2 Å². The van der Waals surface area contributed by atoms with Crippen molar-refractivity contribution in [2.75, 3.05) is 37.6 Å². The van der Waals surface area contributed by atoms with E-state index >= 15 is 0 Å². The quantitative estimate of drug-likeness (QED) is 0.601. The van der Waals surface area contributed by atoms with E-state index in [-0.39, 0.29) is 5.82 Å². The molecule has 0 radical (unpaired) electrons. The maximum absolute atomic E-state index is 10.8. The van der Waals surface area contributed by atoms with Crippen LogP contribution in [0.1, 0.15) is 6.92 Å². The number of nitro groups is 1. The van der Waals surface area contributed by atoms with E-state index in [0.717, 1.165) is 37.7 Å². The Morgan fingerprint density at radius 1 is 1.27 bits per heavy atom. The second-order valence-corrected chi connectivity index (χ2v) is 7.49. The molecule has 1 aromatic carbocycles. The molecule has 8 nitrogen and oxygen atoms in total. The Kier molecular flexibility index (Phi) is 4.24. The summed E-state index contributed by atoms with van der Waals surface area (Å²) < 4.78 is 7.65. The van der Waals surface area contributed by atoms with E-state index in [4.69, 9.17) is 16.3 Å². The summed E-state index contributed by atoms with van der Waals surface area (Å²) in [4.78, 5) is 19.0. The fraction of sp³-hybridized carbons (Fsp3) is 0.471. The lowest BCUT2D eigenvalue weighted by molar-refractivity contribution is -0.389. The third-order valence-electron chi connectivity index (χ3n) is 4.88. The number of anilines is 1. The molecule has 3 heterocycles. The maximum Gasteiger partial charge on any atom is 0.415 e. The lowest BCUT2D eigenvalue weighted by Gasteiger charge is -2.39. The van der Waals surface area contributed by atoms with Crippen molar-refractivity contribution in [3.05, 3.63) is 45.6 Å². The van der Waals surface area contributed by atoms with Crippen LogP contribution in [0, 0.1) is 10.1 Å². The number of hydrogen-bond acceptors (Lipinski definition) is 6. The topological polar surface area (TPSA) is 76.7 Å². The molecule has 138 valence electrons. The van der Waals surface area contributed by atoms with Gasteiger partial charge in [-0.25, -0.2) is 0 Å². The number of aromatic nitrogens is 2. The highest BCUT2D eigenvalue weighted by atomic mass is 35.5. The van der Waals surface area contributed by atoms with Crippen LogP contribution in [-0.4, -0.2) is 57.7 Å². The van der Waals surface area contributed by atoms with Gasteiger partial charge in [-0.05, 0) is 36.1 Å². The summed E-state index contributed by atoms with van der Waals surface area (Å²) in [5, 5.41) is 11.6. The Morgan fingerprint density at radius 3 is 2.58 bits per heavy atom. The Hall–Kier alpha value is -2.32. The Morgan fingerprint density at radius 2 is 1.96 bits per heavy atom. The summed E-state index contributed by atoms with van der Waals surface area (Å²) in [6, 6.07) is 8.25. The van der Waals surface area contributed by atoms with Crippen molar-refractivity contribution in [1.29, 1.82) is 0 Å². The van der Waals surface area contributed by atoms with Crippen LogP contribution in [0.25, 0.3) is 0 Å². The van der Waals surface area contributed by atoms with E-state index < -0.39 is 10.5 Å². The molecular formula is C17H20ClN5O3. The SMILES string of the molecule is C[C@@]1(CN2CCN(c3ccc(Cl)cc3)CC2)Cn2cc([N+](=O)[O-])nc2O1. The summed E-state index contributed by atoms with van der Waals surface area (Å²) in [7, 11) is 0. The van der Waals surface area contributed by atoms with Crippen molar-refractivity contribution in [2.24, 2.45) is 0 Å². The summed E-state index contributed by atoms with van der Waals surface area (Å²) in [5.41, 5.74) is 0.768. The molecule has 0 bridgehead atoms. The number of benzene rings is 1. The molecule has 1 fully saturated rings. The third-order valence-corrected chi connectivity index (χ3v) is 5.13. The predicted molar refractivity (Wildman–Crippen MR) is 98.0 cm³/mol. The van der Waals surface area contributed by atoms with Gasteiger partial charge in [-0.15, -0.1) is 0 Å². The highest BCUT2D eigenvalue weighted by molar-refractivity contribution is 6.30. The molecule has 26 heavy (non-hydrogen) atoms. The monoisotopic (exact) mass is 377 g/mol. The van der Waals surface area contributed by atoms with Gasteiger partial charge in [-0.1, -0.05) is 11.6 Å². The zero-order valence-electron chi connectivity index (χ0n) is 14.5. The van der Waals surface area contributed by atoms with E-state index in [9.17, 15) is 10.1 Å². The van der Waals surface area contributed by atoms with Crippen LogP contribution >= 0.6 is 11.6 Å². The van der Waals surface area contributed by atoms with Crippen molar-refractivity contribution in [3.63, 3.8) is 0 Å². The number of piperazine rings is 1. The molecule has 0 N–H and O–H groups in total. The van der Waals surface area contributed by atoms with Crippen molar-refractivity contribution in [3.8, 4) is 6.01 Å². The number of nitrogens with zero attached hydrogens (tertiary/aromatic N) is 5. The lowest BCUT2D eigenvalue weighted by atomic mass is 10.1. The molecule has 2 aliphatic rings. The fourth-order valence-corrected chi connectivity index (χ4v) is 3.78. The van der Waals surface area contributed by atoms with Crippen LogP contribution < -0.4 is 9.64 Å². The second kappa shape index (κ2) is 6.44. The third kappa shape index (κ3) is 3.34. The number of rotatable bonds is 4. The minimum atomic E-state index is -0.498.